The Morgan fingerprint density at radius 2 is 2.00 bits per heavy atom. The number of benzene rings is 1. The third-order valence-electron chi connectivity index (χ3n) is 3.16. The van der Waals surface area contributed by atoms with Gasteiger partial charge in [-0.15, -0.1) is 0 Å². The molecule has 1 heteroatoms. The van der Waals surface area contributed by atoms with Gasteiger partial charge in [0.2, 0.25) is 0 Å². The Labute approximate surface area is 90.8 Å². The van der Waals surface area contributed by atoms with Gasteiger partial charge in [-0.05, 0) is 37.0 Å². The zero-order valence-electron chi connectivity index (χ0n) is 9.50. The smallest absolute Gasteiger partial charge is 0.170 e. The molecule has 2 rings (SSSR count). The summed E-state index contributed by atoms with van der Waals surface area (Å²) in [5.74, 6) is 0.362. The van der Waals surface area contributed by atoms with E-state index in [1.807, 2.05) is 12.1 Å². The molecule has 15 heavy (non-hydrogen) atoms. The van der Waals surface area contributed by atoms with E-state index >= 15 is 0 Å². The molecule has 0 saturated heterocycles. The topological polar surface area (TPSA) is 17.1 Å². The summed E-state index contributed by atoms with van der Waals surface area (Å²) in [6, 6.07) is 5.98. The molecule has 1 unspecified atom stereocenters. The Balaban J connectivity index is 2.64. The molecule has 0 spiro atoms. The summed E-state index contributed by atoms with van der Waals surface area (Å²) in [4.78, 5) is 12.1. The molecule has 0 N–H and O–H groups in total. The highest BCUT2D eigenvalue weighted by Gasteiger charge is 2.25. The Kier molecular flexibility index (Phi) is 2.47. The first-order valence-electron chi connectivity index (χ1n) is 5.47. The molecule has 1 atom stereocenters. The Morgan fingerprint density at radius 1 is 1.27 bits per heavy atom. The predicted molar refractivity (Wildman–Crippen MR) is 62.9 cm³/mol. The molecule has 0 amide bonds. The second-order valence-electron chi connectivity index (χ2n) is 4.23. The second-order valence-corrected chi connectivity index (χ2v) is 4.23. The maximum Gasteiger partial charge on any atom is 0.170 e. The average molecular weight is 200 g/mol. The fourth-order valence-electron chi connectivity index (χ4n) is 2.36. The van der Waals surface area contributed by atoms with Crippen LogP contribution >= 0.6 is 0 Å². The number of carbonyl (C=O) groups is 1. The van der Waals surface area contributed by atoms with Crippen molar-refractivity contribution in [1.82, 2.24) is 0 Å². The van der Waals surface area contributed by atoms with Crippen molar-refractivity contribution in [3.63, 3.8) is 0 Å². The molecule has 0 aliphatic heterocycles. The molecule has 0 fully saturated rings. The van der Waals surface area contributed by atoms with Crippen molar-refractivity contribution in [2.75, 3.05) is 0 Å². The van der Waals surface area contributed by atoms with Crippen LogP contribution < -0.4 is 0 Å². The minimum Gasteiger partial charge on any atom is -0.293 e. The molecule has 0 heterocycles. The highest BCUT2D eigenvalue weighted by Crippen LogP contribution is 2.32. The van der Waals surface area contributed by atoms with Crippen LogP contribution in [0.15, 0.2) is 24.3 Å². The molecule has 1 nitrogen and oxygen atoms in total. The van der Waals surface area contributed by atoms with Gasteiger partial charge in [-0.25, -0.2) is 0 Å². The van der Waals surface area contributed by atoms with E-state index in [-0.39, 0.29) is 11.7 Å². The van der Waals surface area contributed by atoms with Crippen LogP contribution in [0.3, 0.4) is 0 Å². The second kappa shape index (κ2) is 3.65. The number of ketones is 1. The third kappa shape index (κ3) is 1.52. The first-order valence-corrected chi connectivity index (χ1v) is 5.47. The number of Topliss-reactive ketones (excluding diaryl/α,β-unsaturated/α-hetero) is 1. The van der Waals surface area contributed by atoms with E-state index in [1.165, 1.54) is 11.1 Å². The van der Waals surface area contributed by atoms with Gasteiger partial charge in [0.05, 0.1) is 0 Å². The lowest BCUT2D eigenvalue weighted by Gasteiger charge is -2.22. The van der Waals surface area contributed by atoms with Crippen molar-refractivity contribution in [2.24, 2.45) is 5.92 Å². The zero-order chi connectivity index (χ0) is 11.0. The molecule has 0 saturated carbocycles. The molecule has 0 bridgehead atoms. The quantitative estimate of drug-likeness (QED) is 0.676. The van der Waals surface area contributed by atoms with Gasteiger partial charge in [0.25, 0.3) is 0 Å². The lowest BCUT2D eigenvalue weighted by Crippen LogP contribution is -2.18. The van der Waals surface area contributed by atoms with E-state index in [9.17, 15) is 4.79 Å². The number of hydrogen-bond donors (Lipinski definition) is 0. The van der Waals surface area contributed by atoms with E-state index in [0.717, 1.165) is 17.5 Å². The van der Waals surface area contributed by atoms with E-state index in [0.29, 0.717) is 0 Å². The summed E-state index contributed by atoms with van der Waals surface area (Å²) < 4.78 is 0. The van der Waals surface area contributed by atoms with Crippen LogP contribution in [0.4, 0.5) is 0 Å². The lowest BCUT2D eigenvalue weighted by atomic mass is 9.81. The van der Waals surface area contributed by atoms with Crippen molar-refractivity contribution >= 4 is 11.4 Å². The molecule has 0 aromatic heterocycles. The molecule has 1 aliphatic carbocycles. The van der Waals surface area contributed by atoms with Crippen molar-refractivity contribution in [2.45, 2.75) is 27.2 Å². The summed E-state index contributed by atoms with van der Waals surface area (Å²) in [5, 5.41) is 0. The molecule has 1 aliphatic rings. The molecular weight excluding hydrogens is 184 g/mol. The van der Waals surface area contributed by atoms with Gasteiger partial charge in [-0.1, -0.05) is 31.2 Å². The maximum atomic E-state index is 12.1. The van der Waals surface area contributed by atoms with E-state index in [2.05, 4.69) is 32.9 Å². The van der Waals surface area contributed by atoms with Crippen molar-refractivity contribution < 1.29 is 4.79 Å². The van der Waals surface area contributed by atoms with Crippen LogP contribution in [0.25, 0.3) is 5.57 Å². The minimum atomic E-state index is 0.0827. The van der Waals surface area contributed by atoms with Crippen molar-refractivity contribution in [3.8, 4) is 0 Å². The monoisotopic (exact) mass is 200 g/mol. The number of carbonyl (C=O) groups excluding carboxylic acids is 1. The van der Waals surface area contributed by atoms with Gasteiger partial charge in [0.1, 0.15) is 0 Å². The van der Waals surface area contributed by atoms with Crippen molar-refractivity contribution in [3.05, 3.63) is 41.0 Å². The van der Waals surface area contributed by atoms with E-state index in [1.54, 1.807) is 0 Å². The average Bonchev–Trinajstić information content (AvgIpc) is 2.23. The predicted octanol–water partition coefficient (Wildman–Crippen LogP) is 3.62. The Morgan fingerprint density at radius 3 is 2.67 bits per heavy atom. The van der Waals surface area contributed by atoms with Crippen LogP contribution in [-0.2, 0) is 0 Å². The summed E-state index contributed by atoms with van der Waals surface area (Å²) in [5.41, 5.74) is 4.49. The minimum absolute atomic E-state index is 0.0827. The summed E-state index contributed by atoms with van der Waals surface area (Å²) in [7, 11) is 0. The molecule has 78 valence electrons. The summed E-state index contributed by atoms with van der Waals surface area (Å²) >= 11 is 0. The third-order valence-corrected chi connectivity index (χ3v) is 3.16. The zero-order valence-corrected chi connectivity index (χ0v) is 9.50. The molecule has 1 aromatic carbocycles. The van der Waals surface area contributed by atoms with Gasteiger partial charge in [-0.2, -0.15) is 0 Å². The van der Waals surface area contributed by atoms with Crippen LogP contribution in [0.5, 0.6) is 0 Å². The number of allylic oxidation sites excluding steroid dienone is 2. The molecule has 0 radical (unpaired) electrons. The van der Waals surface area contributed by atoms with Gasteiger partial charge >= 0.3 is 0 Å². The highest BCUT2D eigenvalue weighted by molar-refractivity contribution is 6.06. The SMILES string of the molecule is CCC1C=C(C)c2c(C)cccc2C1=O. The first-order chi connectivity index (χ1) is 7.15. The van der Waals surface area contributed by atoms with Gasteiger partial charge < -0.3 is 0 Å². The lowest BCUT2D eigenvalue weighted by molar-refractivity contribution is 0.0940. The van der Waals surface area contributed by atoms with E-state index in [4.69, 9.17) is 0 Å². The molecule has 1 aromatic rings. The molecular formula is C14H16O. The Hall–Kier alpha value is -1.37. The fraction of sp³-hybridized carbons (Fsp3) is 0.357. The van der Waals surface area contributed by atoms with Crippen LogP contribution in [0.2, 0.25) is 0 Å². The summed E-state index contributed by atoms with van der Waals surface area (Å²) in [6.07, 6.45) is 3.00. The standard InChI is InChI=1S/C14H16O/c1-4-11-8-10(3)13-9(2)6-5-7-12(13)14(11)15/h5-8,11H,4H2,1-3H3. The first kappa shape index (κ1) is 10.2. The Bertz CT molecular complexity index is 441. The van der Waals surface area contributed by atoms with Gasteiger partial charge in [0.15, 0.2) is 5.78 Å². The maximum absolute atomic E-state index is 12.1. The number of rotatable bonds is 1. The van der Waals surface area contributed by atoms with Gasteiger partial charge in [0, 0.05) is 11.5 Å². The van der Waals surface area contributed by atoms with Crippen molar-refractivity contribution in [1.29, 1.82) is 0 Å². The van der Waals surface area contributed by atoms with Gasteiger partial charge in [-0.3, -0.25) is 4.79 Å². The van der Waals surface area contributed by atoms with Crippen LogP contribution in [0.1, 0.15) is 41.8 Å². The fourth-order valence-corrected chi connectivity index (χ4v) is 2.36. The number of hydrogen-bond acceptors (Lipinski definition) is 1. The normalized spacial score (nSPS) is 19.8. The highest BCUT2D eigenvalue weighted by atomic mass is 16.1. The van der Waals surface area contributed by atoms with Crippen LogP contribution in [-0.4, -0.2) is 5.78 Å². The number of fused-ring (bicyclic) bond motifs is 1. The number of aryl methyl sites for hydroxylation is 1. The summed E-state index contributed by atoms with van der Waals surface area (Å²) in [6.45, 7) is 6.23. The van der Waals surface area contributed by atoms with Crippen LogP contribution in [0, 0.1) is 12.8 Å². The largest absolute Gasteiger partial charge is 0.293 e. The van der Waals surface area contributed by atoms with E-state index < -0.39 is 0 Å².